The van der Waals surface area contributed by atoms with Crippen LogP contribution in [0.15, 0.2) is 97.1 Å². The Bertz CT molecular complexity index is 1450. The molecule has 0 aromatic heterocycles. The number of carbonyl (C=O) groups is 2. The van der Waals surface area contributed by atoms with Crippen molar-refractivity contribution in [1.29, 1.82) is 0 Å². The standard InChI is InChI=1S/C34H37N3O3/c1-24(2)19-32(36-33(38)28-16-15-26-10-6-7-11-27(26)21-28)34(39)35-29-17-18-37(23-29)22-25-9-8-14-31(20-25)40-30-12-4-3-5-13-30/h3-16,20-21,24,29,32H,17-19,22-23H2,1-2H3,(H,35,39)(H,36,38)/t29-,32-/m0/s1. The smallest absolute Gasteiger partial charge is 0.251 e. The Labute approximate surface area is 236 Å². The highest BCUT2D eigenvalue weighted by atomic mass is 16.5. The zero-order chi connectivity index (χ0) is 27.9. The lowest BCUT2D eigenvalue weighted by atomic mass is 10.0. The fourth-order valence-electron chi connectivity index (χ4n) is 5.26. The van der Waals surface area contributed by atoms with E-state index in [1.807, 2.05) is 84.9 Å². The third-order valence-corrected chi connectivity index (χ3v) is 7.24. The number of ether oxygens (including phenoxy) is 1. The molecule has 6 nitrogen and oxygen atoms in total. The van der Waals surface area contributed by atoms with Gasteiger partial charge in [0.05, 0.1) is 0 Å². The van der Waals surface area contributed by atoms with Gasteiger partial charge in [0.2, 0.25) is 5.91 Å². The maximum absolute atomic E-state index is 13.3. The average Bonchev–Trinajstić information content (AvgIpc) is 3.39. The highest BCUT2D eigenvalue weighted by Gasteiger charge is 2.28. The Morgan fingerprint density at radius 2 is 1.62 bits per heavy atom. The quantitative estimate of drug-likeness (QED) is 0.255. The molecule has 4 aromatic carbocycles. The summed E-state index contributed by atoms with van der Waals surface area (Å²) in [6.45, 7) is 6.58. The second-order valence-corrected chi connectivity index (χ2v) is 11.0. The molecule has 1 fully saturated rings. The lowest BCUT2D eigenvalue weighted by molar-refractivity contribution is -0.124. The molecule has 1 aliphatic rings. The van der Waals surface area contributed by atoms with Crippen LogP contribution in [0.3, 0.4) is 0 Å². The normalized spacial score (nSPS) is 16.1. The van der Waals surface area contributed by atoms with Gasteiger partial charge in [-0.1, -0.05) is 74.5 Å². The summed E-state index contributed by atoms with van der Waals surface area (Å²) in [6.07, 6.45) is 1.45. The molecule has 40 heavy (non-hydrogen) atoms. The van der Waals surface area contributed by atoms with Crippen molar-refractivity contribution >= 4 is 22.6 Å². The molecule has 6 heteroatoms. The Morgan fingerprint density at radius 3 is 2.42 bits per heavy atom. The van der Waals surface area contributed by atoms with Gasteiger partial charge < -0.3 is 15.4 Å². The summed E-state index contributed by atoms with van der Waals surface area (Å²) in [7, 11) is 0. The molecule has 2 atom stereocenters. The number of nitrogens with one attached hydrogen (secondary N) is 2. The molecule has 0 saturated carbocycles. The summed E-state index contributed by atoms with van der Waals surface area (Å²) in [6, 6.07) is 31.0. The van der Waals surface area contributed by atoms with E-state index in [0.717, 1.165) is 48.3 Å². The average molecular weight is 536 g/mol. The van der Waals surface area contributed by atoms with Crippen LogP contribution in [0.25, 0.3) is 10.8 Å². The number of carbonyl (C=O) groups excluding carboxylic acids is 2. The van der Waals surface area contributed by atoms with Crippen molar-refractivity contribution in [3.05, 3.63) is 108 Å². The Hall–Kier alpha value is -4.16. The third kappa shape index (κ3) is 7.27. The summed E-state index contributed by atoms with van der Waals surface area (Å²) in [5, 5.41) is 8.30. The molecule has 0 radical (unpaired) electrons. The summed E-state index contributed by atoms with van der Waals surface area (Å²) in [4.78, 5) is 28.8. The number of hydrogen-bond donors (Lipinski definition) is 2. The summed E-state index contributed by atoms with van der Waals surface area (Å²) in [5.74, 6) is 1.54. The summed E-state index contributed by atoms with van der Waals surface area (Å²) >= 11 is 0. The van der Waals surface area contributed by atoms with Gasteiger partial charge in [0, 0.05) is 31.2 Å². The molecule has 0 bridgehead atoms. The van der Waals surface area contributed by atoms with E-state index in [2.05, 4.69) is 41.5 Å². The predicted molar refractivity (Wildman–Crippen MR) is 159 cm³/mol. The van der Waals surface area contributed by atoms with Crippen LogP contribution < -0.4 is 15.4 Å². The van der Waals surface area contributed by atoms with E-state index in [0.29, 0.717) is 12.0 Å². The monoisotopic (exact) mass is 535 g/mol. The lowest BCUT2D eigenvalue weighted by Crippen LogP contribution is -2.50. The zero-order valence-electron chi connectivity index (χ0n) is 23.2. The highest BCUT2D eigenvalue weighted by Crippen LogP contribution is 2.23. The van der Waals surface area contributed by atoms with E-state index in [4.69, 9.17) is 4.74 Å². The number of para-hydroxylation sites is 1. The SMILES string of the molecule is CC(C)C[C@H](NC(=O)c1ccc2ccccc2c1)C(=O)N[C@H]1CCN(Cc2cccc(Oc3ccccc3)c2)C1. The first-order chi connectivity index (χ1) is 19.4. The first-order valence-corrected chi connectivity index (χ1v) is 14.1. The minimum atomic E-state index is -0.583. The molecule has 2 amide bonds. The molecular formula is C34H37N3O3. The fraction of sp³-hybridized carbons (Fsp3) is 0.294. The van der Waals surface area contributed by atoms with Crippen molar-refractivity contribution < 1.29 is 14.3 Å². The van der Waals surface area contributed by atoms with Crippen LogP contribution in [-0.4, -0.2) is 41.9 Å². The van der Waals surface area contributed by atoms with E-state index in [1.165, 1.54) is 5.56 Å². The van der Waals surface area contributed by atoms with Crippen molar-refractivity contribution in [1.82, 2.24) is 15.5 Å². The fourth-order valence-corrected chi connectivity index (χ4v) is 5.26. The number of amides is 2. The van der Waals surface area contributed by atoms with Gasteiger partial charge in [0.15, 0.2) is 0 Å². The van der Waals surface area contributed by atoms with Gasteiger partial charge >= 0.3 is 0 Å². The number of nitrogens with zero attached hydrogens (tertiary/aromatic N) is 1. The molecule has 5 rings (SSSR count). The minimum absolute atomic E-state index is 0.0449. The van der Waals surface area contributed by atoms with Crippen LogP contribution in [0.4, 0.5) is 0 Å². The van der Waals surface area contributed by atoms with Crippen LogP contribution in [0.5, 0.6) is 11.5 Å². The van der Waals surface area contributed by atoms with E-state index in [1.54, 1.807) is 0 Å². The number of hydrogen-bond acceptors (Lipinski definition) is 4. The van der Waals surface area contributed by atoms with Gasteiger partial charge in [-0.15, -0.1) is 0 Å². The molecule has 4 aromatic rings. The van der Waals surface area contributed by atoms with Crippen LogP contribution in [0, 0.1) is 5.92 Å². The summed E-state index contributed by atoms with van der Waals surface area (Å²) < 4.78 is 5.99. The molecular weight excluding hydrogens is 498 g/mol. The topological polar surface area (TPSA) is 70.7 Å². The highest BCUT2D eigenvalue weighted by molar-refractivity contribution is 6.00. The molecule has 0 aliphatic carbocycles. The van der Waals surface area contributed by atoms with Crippen LogP contribution in [-0.2, 0) is 11.3 Å². The number of likely N-dealkylation sites (tertiary alicyclic amines) is 1. The van der Waals surface area contributed by atoms with Crippen LogP contribution in [0.2, 0.25) is 0 Å². The molecule has 0 spiro atoms. The molecule has 1 heterocycles. The molecule has 1 saturated heterocycles. The number of benzene rings is 4. The molecule has 1 aliphatic heterocycles. The van der Waals surface area contributed by atoms with Gasteiger partial charge in [0.25, 0.3) is 5.91 Å². The minimum Gasteiger partial charge on any atom is -0.457 e. The third-order valence-electron chi connectivity index (χ3n) is 7.24. The van der Waals surface area contributed by atoms with Crippen LogP contribution in [0.1, 0.15) is 42.6 Å². The summed E-state index contributed by atoms with van der Waals surface area (Å²) in [5.41, 5.74) is 1.73. The van der Waals surface area contributed by atoms with Crippen molar-refractivity contribution in [2.24, 2.45) is 5.92 Å². The Kier molecular flexibility index (Phi) is 8.77. The van der Waals surface area contributed by atoms with Crippen LogP contribution >= 0.6 is 0 Å². The first-order valence-electron chi connectivity index (χ1n) is 14.1. The predicted octanol–water partition coefficient (Wildman–Crippen LogP) is 6.17. The van der Waals surface area contributed by atoms with Gasteiger partial charge in [-0.25, -0.2) is 0 Å². The second-order valence-electron chi connectivity index (χ2n) is 11.0. The molecule has 0 unspecified atom stereocenters. The maximum atomic E-state index is 13.3. The second kappa shape index (κ2) is 12.8. The maximum Gasteiger partial charge on any atom is 0.251 e. The van der Waals surface area contributed by atoms with Crippen molar-refractivity contribution in [2.75, 3.05) is 13.1 Å². The van der Waals surface area contributed by atoms with E-state index < -0.39 is 6.04 Å². The van der Waals surface area contributed by atoms with Gasteiger partial charge in [0.1, 0.15) is 17.5 Å². The van der Waals surface area contributed by atoms with Gasteiger partial charge in [-0.05, 0) is 71.5 Å². The van der Waals surface area contributed by atoms with Gasteiger partial charge in [-0.2, -0.15) is 0 Å². The van der Waals surface area contributed by atoms with Crippen molar-refractivity contribution in [2.45, 2.75) is 45.3 Å². The number of fused-ring (bicyclic) bond motifs is 1. The lowest BCUT2D eigenvalue weighted by Gasteiger charge is -2.23. The molecule has 2 N–H and O–H groups in total. The van der Waals surface area contributed by atoms with Crippen molar-refractivity contribution in [3.63, 3.8) is 0 Å². The zero-order valence-corrected chi connectivity index (χ0v) is 23.2. The van der Waals surface area contributed by atoms with E-state index in [-0.39, 0.29) is 23.8 Å². The van der Waals surface area contributed by atoms with E-state index in [9.17, 15) is 9.59 Å². The largest absolute Gasteiger partial charge is 0.457 e. The number of rotatable bonds is 10. The molecule has 206 valence electrons. The van der Waals surface area contributed by atoms with Crippen molar-refractivity contribution in [3.8, 4) is 11.5 Å². The van der Waals surface area contributed by atoms with Gasteiger partial charge in [-0.3, -0.25) is 14.5 Å². The van der Waals surface area contributed by atoms with E-state index >= 15 is 0 Å². The Morgan fingerprint density at radius 1 is 0.875 bits per heavy atom. The Balaban J connectivity index is 1.16. The first kappa shape index (κ1) is 27.4.